The lowest BCUT2D eigenvalue weighted by Crippen LogP contribution is -2.36. The number of anilines is 1. The normalized spacial score (nSPS) is 20.9. The Hall–Kier alpha value is -1.59. The standard InChI is InChI=1S/C17H25N3O2/c1-21-12-9-20-8-4-7-17(20)18-15-5-2-3-6-16(15)19-10-13-22-14-11-19/h2-3,5-6H,4,7-14H2,1H3. The molecule has 0 spiro atoms. The number of methoxy groups -OCH3 is 1. The molecular weight excluding hydrogens is 278 g/mol. The van der Waals surface area contributed by atoms with E-state index in [1.165, 1.54) is 17.9 Å². The van der Waals surface area contributed by atoms with E-state index in [-0.39, 0.29) is 0 Å². The molecule has 22 heavy (non-hydrogen) atoms. The lowest BCUT2D eigenvalue weighted by Gasteiger charge is -2.30. The fourth-order valence-corrected chi connectivity index (χ4v) is 3.05. The molecule has 3 rings (SSSR count). The zero-order valence-corrected chi connectivity index (χ0v) is 13.3. The van der Waals surface area contributed by atoms with Crippen LogP contribution in [-0.2, 0) is 9.47 Å². The molecule has 0 aromatic heterocycles. The van der Waals surface area contributed by atoms with Crippen LogP contribution < -0.4 is 4.90 Å². The lowest BCUT2D eigenvalue weighted by molar-refractivity contribution is 0.123. The second-order valence-corrected chi connectivity index (χ2v) is 5.70. The fourth-order valence-electron chi connectivity index (χ4n) is 3.05. The maximum Gasteiger partial charge on any atom is 0.105 e. The Bertz CT molecular complexity index is 512. The van der Waals surface area contributed by atoms with Gasteiger partial charge in [-0.1, -0.05) is 12.1 Å². The third kappa shape index (κ3) is 3.59. The minimum absolute atomic E-state index is 0.754. The summed E-state index contributed by atoms with van der Waals surface area (Å²) in [5.74, 6) is 1.19. The van der Waals surface area contributed by atoms with Gasteiger partial charge in [-0.25, -0.2) is 4.99 Å². The maximum absolute atomic E-state index is 5.46. The van der Waals surface area contributed by atoms with Gasteiger partial charge in [0.25, 0.3) is 0 Å². The molecule has 0 aliphatic carbocycles. The van der Waals surface area contributed by atoms with Gasteiger partial charge < -0.3 is 19.3 Å². The van der Waals surface area contributed by atoms with Gasteiger partial charge in [0.1, 0.15) is 5.84 Å². The molecule has 0 unspecified atom stereocenters. The quantitative estimate of drug-likeness (QED) is 0.836. The largest absolute Gasteiger partial charge is 0.383 e. The van der Waals surface area contributed by atoms with E-state index in [0.29, 0.717) is 0 Å². The molecule has 0 atom stereocenters. The second kappa shape index (κ2) is 7.61. The summed E-state index contributed by atoms with van der Waals surface area (Å²) in [6.45, 7) is 6.24. The van der Waals surface area contributed by atoms with Crippen molar-refractivity contribution in [3.05, 3.63) is 24.3 Å². The van der Waals surface area contributed by atoms with E-state index in [4.69, 9.17) is 14.5 Å². The molecule has 0 N–H and O–H groups in total. The van der Waals surface area contributed by atoms with Crippen LogP contribution in [0.15, 0.2) is 29.3 Å². The van der Waals surface area contributed by atoms with Gasteiger partial charge in [0, 0.05) is 39.7 Å². The Morgan fingerprint density at radius 1 is 1.18 bits per heavy atom. The molecule has 2 aliphatic rings. The van der Waals surface area contributed by atoms with Crippen molar-refractivity contribution in [3.8, 4) is 0 Å². The van der Waals surface area contributed by atoms with Crippen molar-refractivity contribution in [1.82, 2.24) is 4.90 Å². The predicted octanol–water partition coefficient (Wildman–Crippen LogP) is 2.30. The first-order valence-corrected chi connectivity index (χ1v) is 8.11. The van der Waals surface area contributed by atoms with Gasteiger partial charge in [0.15, 0.2) is 0 Å². The summed E-state index contributed by atoms with van der Waals surface area (Å²) in [6, 6.07) is 8.44. The van der Waals surface area contributed by atoms with Gasteiger partial charge in [-0.15, -0.1) is 0 Å². The van der Waals surface area contributed by atoms with E-state index in [1.807, 2.05) is 0 Å². The summed E-state index contributed by atoms with van der Waals surface area (Å²) in [7, 11) is 1.75. The number of hydrogen-bond donors (Lipinski definition) is 0. The Balaban J connectivity index is 1.80. The van der Waals surface area contributed by atoms with Gasteiger partial charge >= 0.3 is 0 Å². The highest BCUT2D eigenvalue weighted by atomic mass is 16.5. The fraction of sp³-hybridized carbons (Fsp3) is 0.588. The average molecular weight is 303 g/mol. The Labute approximate surface area is 132 Å². The average Bonchev–Trinajstić information content (AvgIpc) is 3.01. The van der Waals surface area contributed by atoms with Gasteiger partial charge in [-0.3, -0.25) is 0 Å². The van der Waals surface area contributed by atoms with Gasteiger partial charge in [0.2, 0.25) is 0 Å². The van der Waals surface area contributed by atoms with Crippen LogP contribution in [0.25, 0.3) is 0 Å². The minimum Gasteiger partial charge on any atom is -0.383 e. The van der Waals surface area contributed by atoms with Crippen LogP contribution in [0.5, 0.6) is 0 Å². The van der Waals surface area contributed by atoms with Crippen molar-refractivity contribution >= 4 is 17.2 Å². The number of nitrogens with zero attached hydrogens (tertiary/aromatic N) is 3. The molecule has 2 fully saturated rings. The number of morpholine rings is 1. The molecule has 0 saturated carbocycles. The van der Waals surface area contributed by atoms with E-state index in [0.717, 1.165) is 58.1 Å². The molecule has 120 valence electrons. The molecule has 1 aromatic carbocycles. The van der Waals surface area contributed by atoms with Crippen molar-refractivity contribution in [2.24, 2.45) is 4.99 Å². The van der Waals surface area contributed by atoms with Crippen LogP contribution in [-0.4, -0.2) is 63.8 Å². The topological polar surface area (TPSA) is 37.3 Å². The monoisotopic (exact) mass is 303 g/mol. The summed E-state index contributed by atoms with van der Waals surface area (Å²) in [5.41, 5.74) is 2.29. The number of likely N-dealkylation sites (tertiary alicyclic amines) is 1. The van der Waals surface area contributed by atoms with E-state index < -0.39 is 0 Å². The van der Waals surface area contributed by atoms with Crippen LogP contribution in [0.3, 0.4) is 0 Å². The van der Waals surface area contributed by atoms with Gasteiger partial charge in [-0.2, -0.15) is 0 Å². The first-order chi connectivity index (χ1) is 10.9. The summed E-state index contributed by atoms with van der Waals surface area (Å²) < 4.78 is 10.7. The van der Waals surface area contributed by atoms with E-state index in [2.05, 4.69) is 34.1 Å². The summed E-state index contributed by atoms with van der Waals surface area (Å²) in [5, 5.41) is 0. The maximum atomic E-state index is 5.46. The molecule has 0 bridgehead atoms. The van der Waals surface area contributed by atoms with Crippen LogP contribution >= 0.6 is 0 Å². The predicted molar refractivity (Wildman–Crippen MR) is 89.3 cm³/mol. The highest BCUT2D eigenvalue weighted by molar-refractivity contribution is 5.88. The Morgan fingerprint density at radius 2 is 2.00 bits per heavy atom. The van der Waals surface area contributed by atoms with Gasteiger partial charge in [0.05, 0.1) is 31.2 Å². The summed E-state index contributed by atoms with van der Waals surface area (Å²) in [6.07, 6.45) is 2.24. The number of rotatable bonds is 5. The van der Waals surface area contributed by atoms with Gasteiger partial charge in [-0.05, 0) is 18.6 Å². The van der Waals surface area contributed by atoms with Crippen molar-refractivity contribution in [2.45, 2.75) is 12.8 Å². The van der Waals surface area contributed by atoms with E-state index in [1.54, 1.807) is 7.11 Å². The number of benzene rings is 1. The highest BCUT2D eigenvalue weighted by Crippen LogP contribution is 2.30. The van der Waals surface area contributed by atoms with Crippen molar-refractivity contribution in [2.75, 3.05) is 58.0 Å². The minimum atomic E-state index is 0.754. The zero-order chi connectivity index (χ0) is 15.2. The van der Waals surface area contributed by atoms with Crippen LogP contribution in [0.2, 0.25) is 0 Å². The summed E-state index contributed by atoms with van der Waals surface area (Å²) >= 11 is 0. The van der Waals surface area contributed by atoms with Crippen LogP contribution in [0.4, 0.5) is 11.4 Å². The van der Waals surface area contributed by atoms with Crippen molar-refractivity contribution in [3.63, 3.8) is 0 Å². The molecule has 1 aromatic rings. The van der Waals surface area contributed by atoms with Crippen LogP contribution in [0, 0.1) is 0 Å². The summed E-state index contributed by atoms with van der Waals surface area (Å²) in [4.78, 5) is 9.69. The molecule has 0 amide bonds. The Morgan fingerprint density at radius 3 is 2.82 bits per heavy atom. The first kappa shape index (κ1) is 15.3. The van der Waals surface area contributed by atoms with Crippen molar-refractivity contribution < 1.29 is 9.47 Å². The third-order valence-electron chi connectivity index (χ3n) is 4.24. The van der Waals surface area contributed by atoms with Crippen molar-refractivity contribution in [1.29, 1.82) is 0 Å². The highest BCUT2D eigenvalue weighted by Gasteiger charge is 2.20. The van der Waals surface area contributed by atoms with E-state index >= 15 is 0 Å². The third-order valence-corrected chi connectivity index (χ3v) is 4.24. The molecule has 0 radical (unpaired) electrons. The molecule has 2 saturated heterocycles. The SMILES string of the molecule is COCCN1CCCC1=Nc1ccccc1N1CCOCC1. The number of aliphatic imine (C=N–C) groups is 1. The number of ether oxygens (including phenoxy) is 2. The lowest BCUT2D eigenvalue weighted by atomic mass is 10.2. The number of hydrogen-bond acceptors (Lipinski definition) is 4. The Kier molecular flexibility index (Phi) is 5.29. The zero-order valence-electron chi connectivity index (χ0n) is 13.3. The molecule has 2 aliphatic heterocycles. The molecule has 5 heteroatoms. The van der Waals surface area contributed by atoms with Crippen LogP contribution in [0.1, 0.15) is 12.8 Å². The number of amidine groups is 1. The molecule has 5 nitrogen and oxygen atoms in total. The molecular formula is C17H25N3O2. The smallest absolute Gasteiger partial charge is 0.105 e. The second-order valence-electron chi connectivity index (χ2n) is 5.70. The number of para-hydroxylation sites is 2. The first-order valence-electron chi connectivity index (χ1n) is 8.11. The molecule has 2 heterocycles. The van der Waals surface area contributed by atoms with E-state index in [9.17, 15) is 0 Å².